The molecule has 21 heavy (non-hydrogen) atoms. The maximum Gasteiger partial charge on any atom is 0.0376 e. The second-order valence-electron chi connectivity index (χ2n) is 6.59. The van der Waals surface area contributed by atoms with Crippen LogP contribution in [-0.2, 0) is 13.0 Å². The van der Waals surface area contributed by atoms with Gasteiger partial charge in [-0.3, -0.25) is 9.80 Å². The van der Waals surface area contributed by atoms with Gasteiger partial charge in [-0.1, -0.05) is 12.1 Å². The quantitative estimate of drug-likeness (QED) is 0.882. The van der Waals surface area contributed by atoms with Crippen LogP contribution in [0, 0.1) is 0 Å². The van der Waals surface area contributed by atoms with Gasteiger partial charge in [-0.2, -0.15) is 0 Å². The minimum Gasteiger partial charge on any atom is -0.384 e. The molecule has 0 bridgehead atoms. The van der Waals surface area contributed by atoms with Gasteiger partial charge in [0, 0.05) is 58.0 Å². The van der Waals surface area contributed by atoms with E-state index in [2.05, 4.69) is 52.3 Å². The molecule has 0 amide bonds. The van der Waals surface area contributed by atoms with Crippen LogP contribution < -0.4 is 5.32 Å². The van der Waals surface area contributed by atoms with E-state index in [0.717, 1.165) is 19.6 Å². The fourth-order valence-corrected chi connectivity index (χ4v) is 3.21. The Balaban J connectivity index is 1.47. The van der Waals surface area contributed by atoms with E-state index in [9.17, 15) is 0 Å². The van der Waals surface area contributed by atoms with E-state index in [1.807, 2.05) is 0 Å². The smallest absolute Gasteiger partial charge is 0.0376 e. The first-order valence-electron chi connectivity index (χ1n) is 8.16. The van der Waals surface area contributed by atoms with Crippen molar-refractivity contribution in [3.8, 4) is 0 Å². The highest BCUT2D eigenvalue weighted by atomic mass is 15.3. The third-order valence-electron chi connectivity index (χ3n) is 4.62. The molecular weight excluding hydrogens is 260 g/mol. The van der Waals surface area contributed by atoms with Crippen molar-refractivity contribution in [1.82, 2.24) is 14.7 Å². The zero-order chi connectivity index (χ0) is 14.7. The van der Waals surface area contributed by atoms with Crippen LogP contribution in [0.25, 0.3) is 0 Å². The Labute approximate surface area is 128 Å². The highest BCUT2D eigenvalue weighted by Crippen LogP contribution is 2.24. The van der Waals surface area contributed by atoms with Crippen LogP contribution in [0.5, 0.6) is 0 Å². The van der Waals surface area contributed by atoms with Crippen molar-refractivity contribution >= 4 is 5.69 Å². The molecule has 4 heteroatoms. The Morgan fingerprint density at radius 1 is 1.10 bits per heavy atom. The molecule has 0 radical (unpaired) electrons. The lowest BCUT2D eigenvalue weighted by Crippen LogP contribution is -2.47. The summed E-state index contributed by atoms with van der Waals surface area (Å²) < 4.78 is 0. The Bertz CT molecular complexity index is 464. The van der Waals surface area contributed by atoms with Crippen molar-refractivity contribution in [3.63, 3.8) is 0 Å². The van der Waals surface area contributed by atoms with Gasteiger partial charge >= 0.3 is 0 Å². The van der Waals surface area contributed by atoms with Gasteiger partial charge in [0.2, 0.25) is 0 Å². The largest absolute Gasteiger partial charge is 0.384 e. The maximum absolute atomic E-state index is 3.48. The number of piperazine rings is 1. The van der Waals surface area contributed by atoms with E-state index in [1.54, 1.807) is 0 Å². The molecule has 0 aliphatic carbocycles. The van der Waals surface area contributed by atoms with Gasteiger partial charge in [0.05, 0.1) is 0 Å². The number of benzene rings is 1. The van der Waals surface area contributed by atoms with Crippen LogP contribution in [0.1, 0.15) is 11.1 Å². The SMILES string of the molecule is CN(C)CCN1CCN(Cc2ccc3c(c2)NCC3)CC1. The molecule has 1 N–H and O–H groups in total. The third kappa shape index (κ3) is 3.96. The third-order valence-corrected chi connectivity index (χ3v) is 4.62. The summed E-state index contributed by atoms with van der Waals surface area (Å²) in [5.41, 5.74) is 4.29. The van der Waals surface area contributed by atoms with Gasteiger partial charge < -0.3 is 10.2 Å². The highest BCUT2D eigenvalue weighted by Gasteiger charge is 2.17. The van der Waals surface area contributed by atoms with Crippen LogP contribution in [0.15, 0.2) is 18.2 Å². The second-order valence-corrected chi connectivity index (χ2v) is 6.59. The first-order chi connectivity index (χ1) is 10.2. The topological polar surface area (TPSA) is 21.8 Å². The van der Waals surface area contributed by atoms with Crippen molar-refractivity contribution in [1.29, 1.82) is 0 Å². The Morgan fingerprint density at radius 3 is 2.62 bits per heavy atom. The van der Waals surface area contributed by atoms with Gasteiger partial charge in [0.25, 0.3) is 0 Å². The van der Waals surface area contributed by atoms with E-state index in [0.29, 0.717) is 0 Å². The van der Waals surface area contributed by atoms with Gasteiger partial charge in [-0.15, -0.1) is 0 Å². The number of fused-ring (bicyclic) bond motifs is 1. The second kappa shape index (κ2) is 6.77. The maximum atomic E-state index is 3.48. The van der Waals surface area contributed by atoms with E-state index in [-0.39, 0.29) is 0 Å². The van der Waals surface area contributed by atoms with Crippen LogP contribution in [0.4, 0.5) is 5.69 Å². The van der Waals surface area contributed by atoms with Crippen molar-refractivity contribution in [2.75, 3.05) is 65.2 Å². The Hall–Kier alpha value is -1.10. The lowest BCUT2D eigenvalue weighted by atomic mass is 10.1. The Kier molecular flexibility index (Phi) is 4.78. The molecular formula is C17H28N4. The summed E-state index contributed by atoms with van der Waals surface area (Å²) in [7, 11) is 4.30. The minimum atomic E-state index is 1.09. The standard InChI is InChI=1S/C17H28N4/c1-19(2)7-8-20-9-11-21(12-10-20)14-15-3-4-16-5-6-18-17(16)13-15/h3-4,13,18H,5-12,14H2,1-2H3. The number of likely N-dealkylation sites (N-methyl/N-ethyl adjacent to an activating group) is 1. The molecule has 116 valence electrons. The molecule has 0 unspecified atom stereocenters. The first-order valence-corrected chi connectivity index (χ1v) is 8.16. The molecule has 2 heterocycles. The van der Waals surface area contributed by atoms with E-state index in [1.165, 1.54) is 56.0 Å². The molecule has 0 atom stereocenters. The zero-order valence-corrected chi connectivity index (χ0v) is 13.4. The van der Waals surface area contributed by atoms with Crippen molar-refractivity contribution in [2.24, 2.45) is 0 Å². The van der Waals surface area contributed by atoms with E-state index < -0.39 is 0 Å². The molecule has 0 aromatic heterocycles. The van der Waals surface area contributed by atoms with Crippen LogP contribution >= 0.6 is 0 Å². The number of nitrogens with one attached hydrogen (secondary N) is 1. The van der Waals surface area contributed by atoms with Crippen LogP contribution in [-0.4, -0.2) is 74.6 Å². The summed E-state index contributed by atoms with van der Waals surface area (Å²) in [6.07, 6.45) is 1.18. The molecule has 3 rings (SSSR count). The summed E-state index contributed by atoms with van der Waals surface area (Å²) >= 11 is 0. The Morgan fingerprint density at radius 2 is 1.86 bits per heavy atom. The van der Waals surface area contributed by atoms with Crippen molar-refractivity contribution in [3.05, 3.63) is 29.3 Å². The highest BCUT2D eigenvalue weighted by molar-refractivity contribution is 5.57. The molecule has 1 aromatic rings. The molecule has 1 fully saturated rings. The number of hydrogen-bond donors (Lipinski definition) is 1. The average molecular weight is 288 g/mol. The predicted molar refractivity (Wildman–Crippen MR) is 88.9 cm³/mol. The molecule has 0 spiro atoms. The fraction of sp³-hybridized carbons (Fsp3) is 0.647. The lowest BCUT2D eigenvalue weighted by molar-refractivity contribution is 0.120. The van der Waals surface area contributed by atoms with E-state index >= 15 is 0 Å². The normalized spacial score (nSPS) is 19.8. The molecule has 2 aliphatic heterocycles. The molecule has 0 saturated carbocycles. The summed E-state index contributed by atoms with van der Waals surface area (Å²) in [5, 5.41) is 3.48. The summed E-state index contributed by atoms with van der Waals surface area (Å²) in [6.45, 7) is 9.35. The number of hydrogen-bond acceptors (Lipinski definition) is 4. The van der Waals surface area contributed by atoms with Crippen LogP contribution in [0.2, 0.25) is 0 Å². The number of rotatable bonds is 5. The lowest BCUT2D eigenvalue weighted by Gasteiger charge is -2.35. The van der Waals surface area contributed by atoms with Gasteiger partial charge in [0.1, 0.15) is 0 Å². The molecule has 1 aromatic carbocycles. The monoisotopic (exact) mass is 288 g/mol. The van der Waals surface area contributed by atoms with Crippen LogP contribution in [0.3, 0.4) is 0 Å². The molecule has 1 saturated heterocycles. The number of anilines is 1. The van der Waals surface area contributed by atoms with Crippen molar-refractivity contribution in [2.45, 2.75) is 13.0 Å². The van der Waals surface area contributed by atoms with Crippen molar-refractivity contribution < 1.29 is 0 Å². The summed E-state index contributed by atoms with van der Waals surface area (Å²) in [4.78, 5) is 7.44. The summed E-state index contributed by atoms with van der Waals surface area (Å²) in [6, 6.07) is 6.96. The molecule has 2 aliphatic rings. The first kappa shape index (κ1) is 14.8. The fourth-order valence-electron chi connectivity index (χ4n) is 3.21. The van der Waals surface area contributed by atoms with Gasteiger partial charge in [-0.05, 0) is 37.7 Å². The minimum absolute atomic E-state index is 1.09. The van der Waals surface area contributed by atoms with Gasteiger partial charge in [0.15, 0.2) is 0 Å². The van der Waals surface area contributed by atoms with E-state index in [4.69, 9.17) is 0 Å². The zero-order valence-electron chi connectivity index (χ0n) is 13.4. The predicted octanol–water partition coefficient (Wildman–Crippen LogP) is 1.33. The molecule has 4 nitrogen and oxygen atoms in total. The van der Waals surface area contributed by atoms with Gasteiger partial charge in [-0.25, -0.2) is 0 Å². The average Bonchev–Trinajstić information content (AvgIpc) is 2.94. The number of nitrogens with zero attached hydrogens (tertiary/aromatic N) is 3. The summed E-state index contributed by atoms with van der Waals surface area (Å²) in [5.74, 6) is 0.